The van der Waals surface area contributed by atoms with Crippen molar-refractivity contribution in [3.05, 3.63) is 22.3 Å². The van der Waals surface area contributed by atoms with Gasteiger partial charge in [-0.1, -0.05) is 0 Å². The summed E-state index contributed by atoms with van der Waals surface area (Å²) in [5.74, 6) is 0.212. The minimum absolute atomic E-state index is 0.190. The smallest absolute Gasteiger partial charge is 0.123 e. The van der Waals surface area contributed by atoms with E-state index in [-0.39, 0.29) is 11.4 Å². The zero-order chi connectivity index (χ0) is 9.35. The van der Waals surface area contributed by atoms with Crippen LogP contribution < -0.4 is 5.73 Å². The van der Waals surface area contributed by atoms with Gasteiger partial charge in [0.25, 0.3) is 0 Å². The van der Waals surface area contributed by atoms with Crippen LogP contribution in [0.3, 0.4) is 0 Å². The second kappa shape index (κ2) is 2.35. The number of anilines is 1. The van der Waals surface area contributed by atoms with E-state index in [0.29, 0.717) is 4.47 Å². The van der Waals surface area contributed by atoms with E-state index < -0.39 is 6.85 Å². The highest BCUT2D eigenvalue weighted by molar-refractivity contribution is 9.10. The molecule has 0 aliphatic heterocycles. The predicted octanol–water partition coefficient (Wildman–Crippen LogP) is 1.73. The molecule has 0 fully saturated rings. The van der Waals surface area contributed by atoms with Crippen molar-refractivity contribution >= 4 is 21.7 Å². The summed E-state index contributed by atoms with van der Waals surface area (Å²) in [6, 6.07) is 1.34. The van der Waals surface area contributed by atoms with Crippen LogP contribution in [-0.2, 0) is 0 Å². The van der Waals surface area contributed by atoms with Crippen molar-refractivity contribution in [2.75, 3.05) is 5.73 Å². The molecule has 0 saturated heterocycles. The highest BCUT2D eigenvalue weighted by Gasteiger charge is 1.92. The van der Waals surface area contributed by atoms with E-state index in [9.17, 15) is 0 Å². The van der Waals surface area contributed by atoms with Crippen LogP contribution in [0.1, 0.15) is 9.68 Å². The summed E-state index contributed by atoms with van der Waals surface area (Å²) in [7, 11) is 0. The molecule has 1 rings (SSSR count). The van der Waals surface area contributed by atoms with Crippen LogP contribution in [0.5, 0.6) is 0 Å². The minimum Gasteiger partial charge on any atom is -0.384 e. The van der Waals surface area contributed by atoms with Gasteiger partial charge < -0.3 is 5.73 Å². The highest BCUT2D eigenvalue weighted by atomic mass is 79.9. The Bertz CT molecular complexity index is 297. The first-order valence-electron chi connectivity index (χ1n) is 3.83. The SMILES string of the molecule is [2H]C([2H])([2H])c1cc(N)ncc1Br. The third-order valence-electron chi connectivity index (χ3n) is 0.876. The van der Waals surface area contributed by atoms with Gasteiger partial charge in [-0.25, -0.2) is 4.98 Å². The number of hydrogen-bond donors (Lipinski definition) is 1. The monoisotopic (exact) mass is 189 g/mol. The van der Waals surface area contributed by atoms with Gasteiger partial charge in [0.05, 0.1) is 0 Å². The van der Waals surface area contributed by atoms with Crippen molar-refractivity contribution < 1.29 is 4.11 Å². The van der Waals surface area contributed by atoms with Crippen LogP contribution in [0, 0.1) is 6.85 Å². The molecule has 0 radical (unpaired) electrons. The summed E-state index contributed by atoms with van der Waals surface area (Å²) >= 11 is 3.09. The molecule has 2 nitrogen and oxygen atoms in total. The van der Waals surface area contributed by atoms with Gasteiger partial charge in [0.15, 0.2) is 0 Å². The summed E-state index contributed by atoms with van der Waals surface area (Å²) in [5.41, 5.74) is 5.53. The van der Waals surface area contributed by atoms with E-state index in [0.717, 1.165) is 0 Å². The summed E-state index contributed by atoms with van der Waals surface area (Å²) in [4.78, 5) is 3.73. The number of nitrogens with zero attached hydrogens (tertiary/aromatic N) is 1. The molecule has 0 bridgehead atoms. The molecule has 1 aromatic rings. The van der Waals surface area contributed by atoms with Crippen LogP contribution in [0.2, 0.25) is 0 Å². The lowest BCUT2D eigenvalue weighted by molar-refractivity contribution is 1.27. The number of pyridine rings is 1. The molecule has 0 aliphatic rings. The molecule has 0 atom stereocenters. The Hall–Kier alpha value is -0.570. The Kier molecular flexibility index (Phi) is 0.931. The largest absolute Gasteiger partial charge is 0.384 e. The molecular weight excluding hydrogens is 180 g/mol. The third-order valence-corrected chi connectivity index (χ3v) is 1.51. The fourth-order valence-corrected chi connectivity index (χ4v) is 0.672. The van der Waals surface area contributed by atoms with E-state index >= 15 is 0 Å². The van der Waals surface area contributed by atoms with Crippen molar-refractivity contribution in [3.8, 4) is 0 Å². The molecule has 1 heterocycles. The van der Waals surface area contributed by atoms with Gasteiger partial charge in [-0.3, -0.25) is 0 Å². The van der Waals surface area contributed by atoms with Crippen LogP contribution in [-0.4, -0.2) is 4.98 Å². The number of aryl methyl sites for hydroxylation is 1. The lowest BCUT2D eigenvalue weighted by atomic mass is 10.3. The molecule has 0 saturated carbocycles. The Morgan fingerprint density at radius 3 is 3.22 bits per heavy atom. The topological polar surface area (TPSA) is 38.9 Å². The predicted molar refractivity (Wildman–Crippen MR) is 41.1 cm³/mol. The Labute approximate surface area is 66.4 Å². The molecule has 48 valence electrons. The maximum absolute atomic E-state index is 7.13. The molecule has 0 spiro atoms. The average molecular weight is 190 g/mol. The normalized spacial score (nSPS) is 15.9. The lowest BCUT2D eigenvalue weighted by Crippen LogP contribution is -1.89. The maximum Gasteiger partial charge on any atom is 0.123 e. The molecule has 9 heavy (non-hydrogen) atoms. The molecule has 3 heteroatoms. The van der Waals surface area contributed by atoms with Crippen molar-refractivity contribution in [3.63, 3.8) is 0 Å². The second-order valence-corrected chi connectivity index (χ2v) is 2.44. The molecule has 1 aromatic heterocycles. The Morgan fingerprint density at radius 2 is 2.67 bits per heavy atom. The summed E-state index contributed by atoms with van der Waals surface area (Å²) in [6.07, 6.45) is 1.39. The summed E-state index contributed by atoms with van der Waals surface area (Å²) in [6.45, 7) is -2.14. The summed E-state index contributed by atoms with van der Waals surface area (Å²) in [5, 5.41) is 0. The van der Waals surface area contributed by atoms with Gasteiger partial charge in [-0.05, 0) is 34.4 Å². The van der Waals surface area contributed by atoms with Crippen LogP contribution in [0.4, 0.5) is 5.82 Å². The number of hydrogen-bond acceptors (Lipinski definition) is 2. The van der Waals surface area contributed by atoms with Crippen molar-refractivity contribution in [2.24, 2.45) is 0 Å². The zero-order valence-corrected chi connectivity index (χ0v) is 6.14. The second-order valence-electron chi connectivity index (χ2n) is 1.59. The zero-order valence-electron chi connectivity index (χ0n) is 7.56. The minimum atomic E-state index is -2.14. The molecule has 2 N–H and O–H groups in total. The molecule has 0 amide bonds. The van der Waals surface area contributed by atoms with E-state index in [4.69, 9.17) is 9.85 Å². The quantitative estimate of drug-likeness (QED) is 0.676. The number of nitrogens with two attached hydrogens (primary N) is 1. The third kappa shape index (κ3) is 1.42. The standard InChI is InChI=1S/C6H7BrN2/c1-4-2-6(8)9-3-5(4)7/h2-3H,1H3,(H2,8,9)/i1D3. The van der Waals surface area contributed by atoms with Gasteiger partial charge in [0.2, 0.25) is 0 Å². The fourth-order valence-electron chi connectivity index (χ4n) is 0.455. The maximum atomic E-state index is 7.13. The Morgan fingerprint density at radius 1 is 1.89 bits per heavy atom. The van der Waals surface area contributed by atoms with Crippen LogP contribution in [0.15, 0.2) is 16.7 Å². The first kappa shape index (κ1) is 3.56. The first-order valence-corrected chi connectivity index (χ1v) is 3.12. The van der Waals surface area contributed by atoms with Crippen molar-refractivity contribution in [1.29, 1.82) is 0 Å². The Balaban J connectivity index is 3.23. The molecule has 0 aromatic carbocycles. The number of nitrogen functional groups attached to an aromatic ring is 1. The van der Waals surface area contributed by atoms with Crippen molar-refractivity contribution in [2.45, 2.75) is 6.85 Å². The summed E-state index contributed by atoms with van der Waals surface area (Å²) < 4.78 is 21.8. The molecule has 0 unspecified atom stereocenters. The molecule has 0 aliphatic carbocycles. The first-order chi connectivity index (χ1) is 5.41. The van der Waals surface area contributed by atoms with Gasteiger partial charge in [-0.15, -0.1) is 0 Å². The number of rotatable bonds is 0. The lowest BCUT2D eigenvalue weighted by Gasteiger charge is -1.95. The van der Waals surface area contributed by atoms with Gasteiger partial charge in [0, 0.05) is 14.8 Å². The number of halogens is 1. The van der Waals surface area contributed by atoms with E-state index in [1.165, 1.54) is 12.3 Å². The average Bonchev–Trinajstić information content (AvgIpc) is 1.92. The van der Waals surface area contributed by atoms with Gasteiger partial charge in [-0.2, -0.15) is 0 Å². The number of aromatic nitrogens is 1. The van der Waals surface area contributed by atoms with Gasteiger partial charge in [0.1, 0.15) is 5.82 Å². The molecular formula is C6H7BrN2. The van der Waals surface area contributed by atoms with Crippen molar-refractivity contribution in [1.82, 2.24) is 4.98 Å². The van der Waals surface area contributed by atoms with E-state index in [1.807, 2.05) is 0 Å². The van der Waals surface area contributed by atoms with Gasteiger partial charge >= 0.3 is 0 Å². The van der Waals surface area contributed by atoms with E-state index in [1.54, 1.807) is 0 Å². The van der Waals surface area contributed by atoms with E-state index in [2.05, 4.69) is 20.9 Å². The fraction of sp³-hybridized carbons (Fsp3) is 0.167. The van der Waals surface area contributed by atoms with Crippen LogP contribution >= 0.6 is 15.9 Å². The highest BCUT2D eigenvalue weighted by Crippen LogP contribution is 2.14. The van der Waals surface area contributed by atoms with Crippen LogP contribution in [0.25, 0.3) is 0 Å².